The fraction of sp³-hybridized carbons (Fsp3) is 0.600. The molecule has 0 aliphatic carbocycles. The minimum absolute atomic E-state index is 0.0191. The summed E-state index contributed by atoms with van der Waals surface area (Å²) in [5.41, 5.74) is 0.555. The minimum Gasteiger partial charge on any atom is -0.383 e. The van der Waals surface area contributed by atoms with Crippen molar-refractivity contribution in [1.29, 1.82) is 5.26 Å². The first-order valence-electron chi connectivity index (χ1n) is 7.20. The maximum absolute atomic E-state index is 12.4. The summed E-state index contributed by atoms with van der Waals surface area (Å²) in [6, 6.07) is 1.88. The molecule has 0 aromatic carbocycles. The molecule has 1 aromatic rings. The predicted molar refractivity (Wildman–Crippen MR) is 83.0 cm³/mol. The molecule has 0 aliphatic rings. The molecule has 0 N–H and O–H groups in total. The fourth-order valence-electron chi connectivity index (χ4n) is 2.00. The average molecular weight is 322 g/mol. The molecule has 0 aliphatic heterocycles. The van der Waals surface area contributed by atoms with Gasteiger partial charge in [0.05, 0.1) is 18.9 Å². The van der Waals surface area contributed by atoms with Crippen molar-refractivity contribution in [2.24, 2.45) is 0 Å². The van der Waals surface area contributed by atoms with Crippen LogP contribution in [0, 0.1) is 25.2 Å². The summed E-state index contributed by atoms with van der Waals surface area (Å²) in [7, 11) is 3.10. The van der Waals surface area contributed by atoms with E-state index in [0.717, 1.165) is 4.68 Å². The van der Waals surface area contributed by atoms with Crippen LogP contribution in [-0.2, 0) is 20.8 Å². The number of methoxy groups -OCH3 is 2. The Morgan fingerprint density at radius 2 is 1.83 bits per heavy atom. The van der Waals surface area contributed by atoms with Crippen LogP contribution in [-0.4, -0.2) is 61.1 Å². The van der Waals surface area contributed by atoms with Gasteiger partial charge in [0.25, 0.3) is 5.56 Å². The van der Waals surface area contributed by atoms with Gasteiger partial charge >= 0.3 is 0 Å². The Balaban J connectivity index is 3.00. The number of nitriles is 1. The van der Waals surface area contributed by atoms with Crippen molar-refractivity contribution >= 4 is 5.91 Å². The third-order valence-corrected chi connectivity index (χ3v) is 3.52. The van der Waals surface area contributed by atoms with Crippen molar-refractivity contribution in [1.82, 2.24) is 14.7 Å². The molecule has 0 saturated carbocycles. The number of rotatable bonds is 8. The molecule has 1 heterocycles. The molecule has 0 radical (unpaired) electrons. The number of hydrogen-bond acceptors (Lipinski definition) is 6. The van der Waals surface area contributed by atoms with Gasteiger partial charge in [-0.25, -0.2) is 4.68 Å². The zero-order valence-electron chi connectivity index (χ0n) is 14.0. The van der Waals surface area contributed by atoms with Crippen molar-refractivity contribution in [3.05, 3.63) is 27.2 Å². The van der Waals surface area contributed by atoms with Crippen LogP contribution in [0.15, 0.2) is 4.79 Å². The molecule has 1 aromatic heterocycles. The topological polar surface area (TPSA) is 97.4 Å². The van der Waals surface area contributed by atoms with E-state index in [2.05, 4.69) is 5.10 Å². The quantitative estimate of drug-likeness (QED) is 0.660. The van der Waals surface area contributed by atoms with Crippen LogP contribution < -0.4 is 5.56 Å². The second-order valence-electron chi connectivity index (χ2n) is 5.03. The van der Waals surface area contributed by atoms with Crippen molar-refractivity contribution in [2.75, 3.05) is 40.5 Å². The number of ether oxygens (including phenoxy) is 2. The van der Waals surface area contributed by atoms with Gasteiger partial charge in [0.15, 0.2) is 0 Å². The van der Waals surface area contributed by atoms with Gasteiger partial charge in [-0.1, -0.05) is 0 Å². The smallest absolute Gasteiger partial charge is 0.285 e. The number of aryl methyl sites for hydroxylation is 1. The molecule has 0 atom stereocenters. The second kappa shape index (κ2) is 9.02. The number of amides is 1. The highest BCUT2D eigenvalue weighted by atomic mass is 16.5. The van der Waals surface area contributed by atoms with E-state index in [1.54, 1.807) is 33.0 Å². The summed E-state index contributed by atoms with van der Waals surface area (Å²) in [6.07, 6.45) is 0. The van der Waals surface area contributed by atoms with Gasteiger partial charge in [0.1, 0.15) is 18.2 Å². The number of hydrogen-bond donors (Lipinski definition) is 0. The molecule has 0 fully saturated rings. The monoisotopic (exact) mass is 322 g/mol. The first-order chi connectivity index (χ1) is 11.0. The SMILES string of the molecule is COCCN(CCOC)C(=O)Cn1nc(C)c(C)c(C#N)c1=O. The maximum atomic E-state index is 12.4. The third kappa shape index (κ3) is 4.87. The normalized spacial score (nSPS) is 10.4. The highest BCUT2D eigenvalue weighted by Gasteiger charge is 2.18. The van der Waals surface area contributed by atoms with Gasteiger partial charge in [-0.2, -0.15) is 10.4 Å². The Kier molecular flexibility index (Phi) is 7.38. The third-order valence-electron chi connectivity index (χ3n) is 3.52. The molecule has 126 valence electrons. The first kappa shape index (κ1) is 18.8. The van der Waals surface area contributed by atoms with E-state index >= 15 is 0 Å². The molecule has 0 unspecified atom stereocenters. The lowest BCUT2D eigenvalue weighted by Gasteiger charge is -2.22. The molecule has 8 nitrogen and oxygen atoms in total. The lowest BCUT2D eigenvalue weighted by Crippen LogP contribution is -2.41. The Morgan fingerprint density at radius 1 is 1.26 bits per heavy atom. The lowest BCUT2D eigenvalue weighted by atomic mass is 10.1. The Labute approximate surface area is 135 Å². The lowest BCUT2D eigenvalue weighted by molar-refractivity contribution is -0.133. The van der Waals surface area contributed by atoms with E-state index in [1.807, 2.05) is 6.07 Å². The van der Waals surface area contributed by atoms with E-state index < -0.39 is 5.56 Å². The zero-order valence-corrected chi connectivity index (χ0v) is 14.0. The zero-order chi connectivity index (χ0) is 17.4. The van der Waals surface area contributed by atoms with E-state index in [-0.39, 0.29) is 18.0 Å². The number of aromatic nitrogens is 2. The summed E-state index contributed by atoms with van der Waals surface area (Å²) in [6.45, 7) is 4.69. The molecular formula is C15H22N4O4. The molecule has 1 rings (SSSR count). The Bertz CT molecular complexity index is 640. The second-order valence-corrected chi connectivity index (χ2v) is 5.03. The maximum Gasteiger partial charge on any atom is 0.285 e. The van der Waals surface area contributed by atoms with Gasteiger partial charge in [-0.15, -0.1) is 0 Å². The summed E-state index contributed by atoms with van der Waals surface area (Å²) in [4.78, 5) is 26.2. The van der Waals surface area contributed by atoms with Crippen LogP contribution in [0.2, 0.25) is 0 Å². The highest BCUT2D eigenvalue weighted by molar-refractivity contribution is 5.75. The predicted octanol–water partition coefficient (Wildman–Crippen LogP) is -0.147. The summed E-state index contributed by atoms with van der Waals surface area (Å²) in [5.74, 6) is -0.277. The van der Waals surface area contributed by atoms with E-state index in [1.165, 1.54) is 0 Å². The molecule has 23 heavy (non-hydrogen) atoms. The van der Waals surface area contributed by atoms with Crippen LogP contribution in [0.4, 0.5) is 0 Å². The van der Waals surface area contributed by atoms with Crippen LogP contribution in [0.25, 0.3) is 0 Å². The molecule has 8 heteroatoms. The van der Waals surface area contributed by atoms with E-state index in [0.29, 0.717) is 37.6 Å². The Hall–Kier alpha value is -2.24. The van der Waals surface area contributed by atoms with Crippen molar-refractivity contribution in [2.45, 2.75) is 20.4 Å². The number of carbonyl (C=O) groups excluding carboxylic acids is 1. The van der Waals surface area contributed by atoms with E-state index in [4.69, 9.17) is 14.7 Å². The molecule has 0 bridgehead atoms. The largest absolute Gasteiger partial charge is 0.383 e. The Morgan fingerprint density at radius 3 is 2.30 bits per heavy atom. The first-order valence-corrected chi connectivity index (χ1v) is 7.20. The molecular weight excluding hydrogens is 300 g/mol. The molecule has 1 amide bonds. The average Bonchev–Trinajstić information content (AvgIpc) is 2.53. The van der Waals surface area contributed by atoms with Crippen LogP contribution in [0.5, 0.6) is 0 Å². The molecule has 0 spiro atoms. The van der Waals surface area contributed by atoms with E-state index in [9.17, 15) is 9.59 Å². The number of nitrogens with zero attached hydrogens (tertiary/aromatic N) is 4. The summed E-state index contributed by atoms with van der Waals surface area (Å²) >= 11 is 0. The summed E-state index contributed by atoms with van der Waals surface area (Å²) < 4.78 is 11.0. The standard InChI is InChI=1S/C15H22N4O4/c1-11-12(2)17-19(15(21)13(11)9-16)10-14(20)18(5-7-22-3)6-8-23-4/h5-8,10H2,1-4H3. The van der Waals surface area contributed by atoms with Crippen LogP contribution in [0.1, 0.15) is 16.8 Å². The van der Waals surface area contributed by atoms with Crippen LogP contribution >= 0.6 is 0 Å². The van der Waals surface area contributed by atoms with Gasteiger partial charge in [-0.05, 0) is 19.4 Å². The minimum atomic E-state index is -0.553. The van der Waals surface area contributed by atoms with Gasteiger partial charge in [-0.3, -0.25) is 9.59 Å². The molecule has 0 saturated heterocycles. The highest BCUT2D eigenvalue weighted by Crippen LogP contribution is 2.05. The van der Waals surface area contributed by atoms with Gasteiger partial charge in [0.2, 0.25) is 5.91 Å². The van der Waals surface area contributed by atoms with Crippen LogP contribution in [0.3, 0.4) is 0 Å². The fourth-order valence-corrected chi connectivity index (χ4v) is 2.00. The summed E-state index contributed by atoms with van der Waals surface area (Å²) in [5, 5.41) is 13.2. The van der Waals surface area contributed by atoms with Crippen molar-refractivity contribution < 1.29 is 14.3 Å². The van der Waals surface area contributed by atoms with Crippen molar-refractivity contribution in [3.8, 4) is 6.07 Å². The van der Waals surface area contributed by atoms with Gasteiger partial charge in [0, 0.05) is 27.3 Å². The van der Waals surface area contributed by atoms with Crippen molar-refractivity contribution in [3.63, 3.8) is 0 Å². The van der Waals surface area contributed by atoms with Gasteiger partial charge < -0.3 is 14.4 Å². The number of carbonyl (C=O) groups is 1.